The smallest absolute Gasteiger partial charge is 0.374 e. The van der Waals surface area contributed by atoms with Crippen LogP contribution in [0, 0.1) is 24.7 Å². The van der Waals surface area contributed by atoms with Crippen LogP contribution in [-0.2, 0) is 14.2 Å². The molecule has 31 nitrogen and oxygen atoms in total. The molecule has 6 atom stereocenters. The van der Waals surface area contributed by atoms with Crippen LogP contribution in [0.1, 0.15) is 201 Å². The van der Waals surface area contributed by atoms with E-state index in [1.807, 2.05) is 97.6 Å². The fourth-order valence-corrected chi connectivity index (χ4v) is 12.5. The van der Waals surface area contributed by atoms with Crippen LogP contribution < -0.4 is 38.1 Å². The van der Waals surface area contributed by atoms with E-state index in [4.69, 9.17) is 19.4 Å². The molecule has 13 aromatic rings. The molecule has 9 N–H and O–H groups in total. The normalized spacial score (nSPS) is 14.6. The van der Waals surface area contributed by atoms with Gasteiger partial charge in [-0.25, -0.2) is 40.5 Å². The number of fused-ring (bicyclic) bond motifs is 6. The number of hydrogen-bond acceptors (Lipinski definition) is 24. The van der Waals surface area contributed by atoms with Crippen LogP contribution in [0.3, 0.4) is 0 Å². The molecule has 10 heterocycles. The van der Waals surface area contributed by atoms with Crippen molar-refractivity contribution in [3.05, 3.63) is 162 Å². The number of aryl methyl sites for hydroxylation is 1. The number of benzene rings is 3. The zero-order valence-electron chi connectivity index (χ0n) is 63.2. The van der Waals surface area contributed by atoms with Crippen molar-refractivity contribution in [3.63, 3.8) is 0 Å². The zero-order valence-corrected chi connectivity index (χ0v) is 68.5. The average molecular weight is 1730 g/mol. The van der Waals surface area contributed by atoms with E-state index < -0.39 is 17.1 Å². The fourth-order valence-electron chi connectivity index (χ4n) is 12.5. The summed E-state index contributed by atoms with van der Waals surface area (Å²) < 4.78 is 20.9. The molecule has 3 aliphatic carbocycles. The van der Waals surface area contributed by atoms with E-state index in [2.05, 4.69) is 222 Å². The van der Waals surface area contributed by atoms with Crippen LogP contribution in [0.2, 0.25) is 0 Å². The highest BCUT2D eigenvalue weighted by Crippen LogP contribution is 2.61. The van der Waals surface area contributed by atoms with E-state index >= 15 is 0 Å². The summed E-state index contributed by atoms with van der Waals surface area (Å²) >= 11 is 16.0. The van der Waals surface area contributed by atoms with Gasteiger partial charge in [0.1, 0.15) is 33.1 Å². The molecule has 113 heavy (non-hydrogen) atoms. The summed E-state index contributed by atoms with van der Waals surface area (Å²) in [6.07, 6.45) is 20.3. The number of nitrogens with zero attached hydrogens (tertiary/aromatic N) is 17. The lowest BCUT2D eigenvalue weighted by atomic mass is 10.0. The SMILES string of the molecule is C.CC(=O)NN.CCC(C)n1ncc2nc(-c3nnc(C)o3)nc(N[C@@H](c3cnc4ccccc4c3)C3CC3)c21.CCC(C)n1ncc2nc(C(=O)NNC(C)=O)nc(N[C@@H](c3cnc4ccccc4c3)C3CC3)c21.CCC(C)n1ncc2nc(C(=O)O)nc(N[C@@H](c3cnc4ccccc4c3)C3CC3)c21.CI.O=P(Cl)(Cl)Cl. The molecule has 3 amide bonds. The van der Waals surface area contributed by atoms with Crippen molar-refractivity contribution >= 4 is 168 Å². The summed E-state index contributed by atoms with van der Waals surface area (Å²) in [6, 6.07) is 31.3. The Kier molecular flexibility index (Phi) is 29.0. The molecule has 10 aromatic heterocycles. The Labute approximate surface area is 680 Å². The molecular weight excluding hydrogens is 1640 g/mol. The lowest BCUT2D eigenvalue weighted by molar-refractivity contribution is -0.120. The largest absolute Gasteiger partial charge is 0.475 e. The number of rotatable bonds is 21. The van der Waals surface area contributed by atoms with Gasteiger partial charge in [0.05, 0.1) is 53.3 Å². The Morgan fingerprint density at radius 3 is 1.20 bits per heavy atom. The third-order valence-electron chi connectivity index (χ3n) is 19.1. The van der Waals surface area contributed by atoms with Gasteiger partial charge in [0.15, 0.2) is 17.5 Å². The molecule has 0 aliphatic heterocycles. The number of amides is 3. The van der Waals surface area contributed by atoms with Gasteiger partial charge in [0.2, 0.25) is 35.2 Å². The number of pyridine rings is 3. The predicted octanol–water partition coefficient (Wildman–Crippen LogP) is 17.1. The highest BCUT2D eigenvalue weighted by atomic mass is 127. The number of carboxylic acids is 1. The summed E-state index contributed by atoms with van der Waals surface area (Å²) in [6.45, 7) is 17.1. The van der Waals surface area contributed by atoms with Crippen LogP contribution in [0.5, 0.6) is 0 Å². The number of carbonyl (C=O) groups excluding carboxylic acids is 3. The number of hydrazine groups is 2. The Hall–Kier alpha value is -10.3. The van der Waals surface area contributed by atoms with E-state index in [9.17, 15) is 28.8 Å². The maximum atomic E-state index is 12.7. The van der Waals surface area contributed by atoms with E-state index in [0.29, 0.717) is 58.0 Å². The van der Waals surface area contributed by atoms with Crippen LogP contribution in [-0.4, -0.2) is 118 Å². The first kappa shape index (κ1) is 85.2. The standard InChI is InChI=1S/C25H28N8O2.C25H26N8O.C23H24N6O2.C2H6N2O.CH3I.CH4.Cl3OP/c1-4-14(2)33-22-20(13-27-33)28-24(25(35)32-31-15(3)34)30-23(22)29-21(16-9-10-16)18-11-17-7-5-6-8-19(17)26-12-18;1-4-14(2)33-22-20(13-27-33)28-24(25-32-31-15(3)34-25)30-23(22)29-21(16-9-10-16)18-11-17-7-5-6-8-19(17)26-12-18;1-3-13(2)29-20-18(12-25-29)26-22(23(30)31)28-21(20)27-19(14-8-9-14)16-10-15-6-4-5-7-17(15)24-11-16;1-2(5)4-3;1-2;;1-5(2,3)4/h5-8,11-14,16,21H,4,9-10H2,1-3H3,(H,31,34)(H,32,35)(H,28,29,30);5-8,11-14,16,21H,4,9-10H2,1-3H3,(H,28,29,30);4-7,10-14,19H,3,8-9H2,1-2H3,(H,30,31)(H,26,27,28);3H2,1H3,(H,4,5);1H3;1H4;/t2*14?,21-;13?,19-;;;;/m111..../s1. The van der Waals surface area contributed by atoms with E-state index in [1.54, 1.807) is 25.5 Å². The molecule has 36 heteroatoms. The summed E-state index contributed by atoms with van der Waals surface area (Å²) in [4.78, 5) is 88.3. The Morgan fingerprint density at radius 1 is 0.531 bits per heavy atom. The minimum atomic E-state index is -3.22. The zero-order chi connectivity index (χ0) is 80.1. The van der Waals surface area contributed by atoms with E-state index in [-0.39, 0.29) is 67.1 Å². The lowest BCUT2D eigenvalue weighted by Crippen LogP contribution is -2.41. The van der Waals surface area contributed by atoms with Gasteiger partial charge in [-0.1, -0.05) is 105 Å². The number of carbonyl (C=O) groups is 4. The summed E-state index contributed by atoms with van der Waals surface area (Å²) in [5.74, 6) is 6.24. The van der Waals surface area contributed by atoms with E-state index in [0.717, 1.165) is 122 Å². The fraction of sp³-hybridized carbons (Fsp3) is 0.377. The minimum Gasteiger partial charge on any atom is -0.475 e. The molecule has 3 aromatic carbocycles. The number of hydrogen-bond donors (Lipinski definition) is 8. The Bertz CT molecular complexity index is 5550. The summed E-state index contributed by atoms with van der Waals surface area (Å²) in [5.41, 5.74) is 16.9. The van der Waals surface area contributed by atoms with Gasteiger partial charge in [0.25, 0.3) is 5.89 Å². The van der Waals surface area contributed by atoms with Gasteiger partial charge >= 0.3 is 17.1 Å². The van der Waals surface area contributed by atoms with Gasteiger partial charge in [0, 0.05) is 73.6 Å². The van der Waals surface area contributed by atoms with Crippen LogP contribution in [0.4, 0.5) is 17.5 Å². The van der Waals surface area contributed by atoms with Gasteiger partial charge in [-0.15, -0.1) is 10.2 Å². The van der Waals surface area contributed by atoms with Crippen molar-refractivity contribution in [2.45, 2.75) is 164 Å². The number of para-hydroxylation sites is 3. The van der Waals surface area contributed by atoms with Gasteiger partial charge < -0.3 is 25.5 Å². The number of halogens is 4. The van der Waals surface area contributed by atoms with Crippen molar-refractivity contribution in [2.24, 2.45) is 23.6 Å². The first-order valence-electron chi connectivity index (χ1n) is 36.6. The second-order valence-electron chi connectivity index (χ2n) is 27.4. The number of nitrogens with one attached hydrogen (secondary N) is 6. The second-order valence-corrected chi connectivity index (χ2v) is 34.0. The quantitative estimate of drug-likeness (QED) is 0.00827. The molecular formula is C77H91Cl3IN24O7P. The number of alkyl halides is 1. The number of anilines is 3. The molecule has 3 unspecified atom stereocenters. The third-order valence-corrected chi connectivity index (χ3v) is 19.1. The van der Waals surface area contributed by atoms with Crippen LogP contribution in [0.25, 0.3) is 77.5 Å². The number of nitrogens with two attached hydrogens (primary N) is 1. The van der Waals surface area contributed by atoms with Crippen LogP contribution in [0.15, 0.2) is 133 Å². The molecule has 3 aliphatic rings. The molecule has 0 spiro atoms. The van der Waals surface area contributed by atoms with Crippen molar-refractivity contribution in [1.82, 2.24) is 101 Å². The van der Waals surface area contributed by atoms with Crippen molar-refractivity contribution in [1.29, 1.82) is 0 Å². The first-order valence-corrected chi connectivity index (χ1v) is 43.2. The minimum absolute atomic E-state index is 0. The molecule has 0 radical (unpaired) electrons. The molecule has 16 rings (SSSR count). The van der Waals surface area contributed by atoms with Crippen molar-refractivity contribution in [2.75, 3.05) is 20.9 Å². The number of carboxylic acid groups (broad SMARTS) is 1. The topological polar surface area (TPSA) is 412 Å². The van der Waals surface area contributed by atoms with E-state index in [1.165, 1.54) is 26.7 Å². The second kappa shape index (κ2) is 38.5. The van der Waals surface area contributed by atoms with Crippen molar-refractivity contribution in [3.8, 4) is 11.7 Å². The average Bonchev–Trinajstić information content (AvgIpc) is 1.65. The lowest BCUT2D eigenvalue weighted by Gasteiger charge is -2.21. The Morgan fingerprint density at radius 2 is 0.876 bits per heavy atom. The summed E-state index contributed by atoms with van der Waals surface area (Å²) in [7, 11) is 0. The molecule has 3 saturated carbocycles. The maximum Gasteiger partial charge on any atom is 0.374 e. The Balaban J connectivity index is 0.000000167. The number of aromatic carboxylic acids is 1. The molecule has 594 valence electrons. The maximum absolute atomic E-state index is 12.7. The van der Waals surface area contributed by atoms with Gasteiger partial charge in [-0.05, 0) is 188 Å². The van der Waals surface area contributed by atoms with Crippen LogP contribution >= 0.6 is 61.5 Å². The molecule has 3 fully saturated rings. The third kappa shape index (κ3) is 21.7. The summed E-state index contributed by atoms with van der Waals surface area (Å²) in [5, 5.41) is 42.2. The first-order chi connectivity index (χ1) is 53.9. The highest BCUT2D eigenvalue weighted by molar-refractivity contribution is 14.1. The number of aromatic nitrogens is 17. The molecule has 0 saturated heterocycles. The highest BCUT2D eigenvalue weighted by Gasteiger charge is 2.38. The molecule has 0 bridgehead atoms. The van der Waals surface area contributed by atoms with Gasteiger partial charge in [-0.3, -0.25) is 64.2 Å². The van der Waals surface area contributed by atoms with Gasteiger partial charge in [-0.2, -0.15) is 15.3 Å². The van der Waals surface area contributed by atoms with Crippen molar-refractivity contribution < 1.29 is 33.3 Å². The predicted molar refractivity (Wildman–Crippen MR) is 450 cm³/mol. The monoisotopic (exact) mass is 1730 g/mol.